The SMILES string of the molecule is O=C(COC(=O)c1ccc2c(c1)OCCO2)Nc1ccc(F)c(Cl)c1. The number of fused-ring (bicyclic) bond motifs is 1. The molecule has 0 radical (unpaired) electrons. The molecule has 0 atom stereocenters. The molecule has 0 aromatic heterocycles. The van der Waals surface area contributed by atoms with Crippen LogP contribution in [0.25, 0.3) is 0 Å². The van der Waals surface area contributed by atoms with Gasteiger partial charge in [-0.3, -0.25) is 4.79 Å². The van der Waals surface area contributed by atoms with Crippen LogP contribution in [0.15, 0.2) is 36.4 Å². The van der Waals surface area contributed by atoms with E-state index in [4.69, 9.17) is 25.8 Å². The molecule has 130 valence electrons. The molecular formula is C17H13ClFNO5. The van der Waals surface area contributed by atoms with E-state index in [1.807, 2.05) is 0 Å². The lowest BCUT2D eigenvalue weighted by molar-refractivity contribution is -0.119. The Morgan fingerprint density at radius 3 is 2.64 bits per heavy atom. The van der Waals surface area contributed by atoms with E-state index in [2.05, 4.69) is 5.32 Å². The number of ether oxygens (including phenoxy) is 3. The van der Waals surface area contributed by atoms with Crippen LogP contribution in [0.2, 0.25) is 5.02 Å². The van der Waals surface area contributed by atoms with Crippen molar-refractivity contribution in [3.8, 4) is 11.5 Å². The standard InChI is InChI=1S/C17H13ClFNO5/c18-12-8-11(2-3-13(12)19)20-16(21)9-25-17(22)10-1-4-14-15(7-10)24-6-5-23-14/h1-4,7-8H,5-6,9H2,(H,20,21). The Balaban J connectivity index is 1.56. The highest BCUT2D eigenvalue weighted by Gasteiger charge is 2.16. The molecule has 0 bridgehead atoms. The van der Waals surface area contributed by atoms with Crippen LogP contribution in [-0.2, 0) is 9.53 Å². The number of carbonyl (C=O) groups excluding carboxylic acids is 2. The van der Waals surface area contributed by atoms with Gasteiger partial charge < -0.3 is 19.5 Å². The number of rotatable bonds is 4. The molecule has 2 aromatic rings. The molecule has 8 heteroatoms. The summed E-state index contributed by atoms with van der Waals surface area (Å²) in [4.78, 5) is 23.8. The van der Waals surface area contributed by atoms with E-state index in [0.29, 0.717) is 30.4 Å². The summed E-state index contributed by atoms with van der Waals surface area (Å²) in [6, 6.07) is 8.35. The van der Waals surface area contributed by atoms with Crippen LogP contribution in [0.5, 0.6) is 11.5 Å². The van der Waals surface area contributed by atoms with E-state index in [0.717, 1.165) is 6.07 Å². The summed E-state index contributed by atoms with van der Waals surface area (Å²) in [6.45, 7) is 0.348. The third-order valence-electron chi connectivity index (χ3n) is 3.32. The van der Waals surface area contributed by atoms with Gasteiger partial charge in [0.15, 0.2) is 18.1 Å². The molecule has 6 nitrogen and oxygen atoms in total. The van der Waals surface area contributed by atoms with E-state index in [-0.39, 0.29) is 10.6 Å². The van der Waals surface area contributed by atoms with E-state index < -0.39 is 24.3 Å². The monoisotopic (exact) mass is 365 g/mol. The molecule has 2 aromatic carbocycles. The van der Waals surface area contributed by atoms with Gasteiger partial charge in [0, 0.05) is 5.69 Å². The second-order valence-corrected chi connectivity index (χ2v) is 5.52. The van der Waals surface area contributed by atoms with Crippen LogP contribution < -0.4 is 14.8 Å². The smallest absolute Gasteiger partial charge is 0.338 e. The predicted octanol–water partition coefficient (Wildman–Crippen LogP) is 3.05. The fourth-order valence-electron chi connectivity index (χ4n) is 2.16. The third kappa shape index (κ3) is 4.19. The van der Waals surface area contributed by atoms with Crippen LogP contribution >= 0.6 is 11.6 Å². The van der Waals surface area contributed by atoms with Crippen LogP contribution in [-0.4, -0.2) is 31.7 Å². The average molecular weight is 366 g/mol. The van der Waals surface area contributed by atoms with Crippen molar-refractivity contribution in [2.75, 3.05) is 25.1 Å². The minimum atomic E-state index is -0.677. The van der Waals surface area contributed by atoms with Crippen molar-refractivity contribution in [2.45, 2.75) is 0 Å². The first-order chi connectivity index (χ1) is 12.0. The van der Waals surface area contributed by atoms with Gasteiger partial charge in [0.05, 0.1) is 10.6 Å². The van der Waals surface area contributed by atoms with Crippen molar-refractivity contribution in [1.82, 2.24) is 0 Å². The Morgan fingerprint density at radius 2 is 1.88 bits per heavy atom. The highest BCUT2D eigenvalue weighted by molar-refractivity contribution is 6.31. The first kappa shape index (κ1) is 17.0. The Labute approximate surface area is 147 Å². The molecule has 0 saturated heterocycles. The largest absolute Gasteiger partial charge is 0.486 e. The summed E-state index contributed by atoms with van der Waals surface area (Å²) in [5.41, 5.74) is 0.536. The first-order valence-corrected chi connectivity index (χ1v) is 7.72. The molecule has 1 heterocycles. The molecular weight excluding hydrogens is 353 g/mol. The number of nitrogens with one attached hydrogen (secondary N) is 1. The van der Waals surface area contributed by atoms with Crippen LogP contribution in [0.3, 0.4) is 0 Å². The molecule has 1 N–H and O–H groups in total. The van der Waals surface area contributed by atoms with E-state index >= 15 is 0 Å². The third-order valence-corrected chi connectivity index (χ3v) is 3.61. The highest BCUT2D eigenvalue weighted by atomic mass is 35.5. The highest BCUT2D eigenvalue weighted by Crippen LogP contribution is 2.30. The molecule has 0 fully saturated rings. The number of halogens is 2. The number of esters is 1. The molecule has 1 amide bonds. The maximum absolute atomic E-state index is 13.1. The van der Waals surface area contributed by atoms with Gasteiger partial charge in [0.25, 0.3) is 5.91 Å². The maximum Gasteiger partial charge on any atom is 0.338 e. The lowest BCUT2D eigenvalue weighted by Gasteiger charge is -2.18. The van der Waals surface area contributed by atoms with Gasteiger partial charge in [-0.15, -0.1) is 0 Å². The summed E-state index contributed by atoms with van der Waals surface area (Å²) >= 11 is 5.63. The topological polar surface area (TPSA) is 73.9 Å². The van der Waals surface area contributed by atoms with Gasteiger partial charge in [-0.1, -0.05) is 11.6 Å². The predicted molar refractivity (Wildman–Crippen MR) is 87.8 cm³/mol. The Bertz CT molecular complexity index is 827. The van der Waals surface area contributed by atoms with Crippen molar-refractivity contribution >= 4 is 29.2 Å². The molecule has 0 saturated carbocycles. The van der Waals surface area contributed by atoms with Crippen molar-refractivity contribution in [1.29, 1.82) is 0 Å². The summed E-state index contributed by atoms with van der Waals surface area (Å²) in [5.74, 6) is -0.845. The van der Waals surface area contributed by atoms with Crippen molar-refractivity contribution < 1.29 is 28.2 Å². The molecule has 0 aliphatic carbocycles. The molecule has 1 aliphatic heterocycles. The summed E-state index contributed by atoms with van der Waals surface area (Å²) in [6.07, 6.45) is 0. The molecule has 0 unspecified atom stereocenters. The Hall–Kier alpha value is -2.80. The lowest BCUT2D eigenvalue weighted by atomic mass is 10.2. The second-order valence-electron chi connectivity index (χ2n) is 5.11. The van der Waals surface area contributed by atoms with Crippen molar-refractivity contribution in [2.24, 2.45) is 0 Å². The fraction of sp³-hybridized carbons (Fsp3) is 0.176. The van der Waals surface area contributed by atoms with Gasteiger partial charge in [0.1, 0.15) is 19.0 Å². The van der Waals surface area contributed by atoms with Crippen LogP contribution in [0, 0.1) is 5.82 Å². The zero-order chi connectivity index (χ0) is 17.8. The van der Waals surface area contributed by atoms with Gasteiger partial charge >= 0.3 is 5.97 Å². The number of hydrogen-bond donors (Lipinski definition) is 1. The number of anilines is 1. The van der Waals surface area contributed by atoms with Gasteiger partial charge in [-0.05, 0) is 36.4 Å². The van der Waals surface area contributed by atoms with Gasteiger partial charge in [0.2, 0.25) is 0 Å². The minimum Gasteiger partial charge on any atom is -0.486 e. The average Bonchev–Trinajstić information content (AvgIpc) is 2.62. The van der Waals surface area contributed by atoms with E-state index in [1.54, 1.807) is 6.07 Å². The van der Waals surface area contributed by atoms with E-state index in [1.165, 1.54) is 24.3 Å². The molecule has 25 heavy (non-hydrogen) atoms. The normalized spacial score (nSPS) is 12.4. The van der Waals surface area contributed by atoms with E-state index in [9.17, 15) is 14.0 Å². The zero-order valence-corrected chi connectivity index (χ0v) is 13.6. The minimum absolute atomic E-state index is 0.119. The van der Waals surface area contributed by atoms with Crippen LogP contribution in [0.1, 0.15) is 10.4 Å². The quantitative estimate of drug-likeness (QED) is 0.843. The second kappa shape index (κ2) is 7.40. The Morgan fingerprint density at radius 1 is 1.12 bits per heavy atom. The fourth-order valence-corrected chi connectivity index (χ4v) is 2.34. The lowest BCUT2D eigenvalue weighted by Crippen LogP contribution is -2.21. The zero-order valence-electron chi connectivity index (χ0n) is 12.9. The van der Waals surface area contributed by atoms with Crippen molar-refractivity contribution in [3.63, 3.8) is 0 Å². The van der Waals surface area contributed by atoms with Gasteiger partial charge in [-0.25, -0.2) is 9.18 Å². The summed E-state index contributed by atoms with van der Waals surface area (Å²) in [7, 11) is 0. The molecule has 1 aliphatic rings. The molecule has 0 spiro atoms. The van der Waals surface area contributed by atoms with Crippen molar-refractivity contribution in [3.05, 3.63) is 52.8 Å². The van der Waals surface area contributed by atoms with Gasteiger partial charge in [-0.2, -0.15) is 0 Å². The summed E-state index contributed by atoms with van der Waals surface area (Å²) in [5, 5.41) is 2.34. The summed E-state index contributed by atoms with van der Waals surface area (Å²) < 4.78 is 28.8. The molecule has 3 rings (SSSR count). The Kier molecular flexibility index (Phi) is 5.04. The maximum atomic E-state index is 13.1. The van der Waals surface area contributed by atoms with Crippen LogP contribution in [0.4, 0.5) is 10.1 Å². The number of benzene rings is 2. The number of amides is 1. The number of hydrogen-bond acceptors (Lipinski definition) is 5. The number of carbonyl (C=O) groups is 2. The first-order valence-electron chi connectivity index (χ1n) is 7.34.